The highest BCUT2D eigenvalue weighted by Gasteiger charge is 2.39. The number of hydrogen-bond acceptors (Lipinski definition) is 4. The first-order valence-corrected chi connectivity index (χ1v) is 7.65. The molecule has 3 fully saturated rings. The van der Waals surface area contributed by atoms with Crippen LogP contribution in [0.15, 0.2) is 6.07 Å². The minimum atomic E-state index is 0.605. The van der Waals surface area contributed by atoms with Crippen LogP contribution in [0, 0.1) is 11.8 Å². The van der Waals surface area contributed by atoms with E-state index < -0.39 is 0 Å². The van der Waals surface area contributed by atoms with Crippen LogP contribution in [-0.4, -0.2) is 23.1 Å². The summed E-state index contributed by atoms with van der Waals surface area (Å²) in [4.78, 5) is 9.30. The molecule has 4 rings (SSSR count). The molecule has 1 heterocycles. The largest absolute Gasteiger partial charge is 0.373 e. The van der Waals surface area contributed by atoms with Crippen molar-refractivity contribution in [3.8, 4) is 0 Å². The smallest absolute Gasteiger partial charge is 0.136 e. The number of nitrogens with one attached hydrogen (secondary N) is 2. The molecular weight excluding hydrogens is 236 g/mol. The Labute approximate surface area is 114 Å². The standard InChI is InChI=1S/C15H22N4/c1-16-13-8-14(19-15(18-13)10-4-5-10)17-12-7-9-2-3-11(12)6-9/h8-12H,2-7H2,1H3,(H2,16,17,18,19). The average molecular weight is 258 g/mol. The zero-order chi connectivity index (χ0) is 12.8. The van der Waals surface area contributed by atoms with Gasteiger partial charge in [0.05, 0.1) is 0 Å². The maximum absolute atomic E-state index is 4.73. The van der Waals surface area contributed by atoms with Crippen molar-refractivity contribution in [3.05, 3.63) is 11.9 Å². The summed E-state index contributed by atoms with van der Waals surface area (Å²) in [5, 5.41) is 6.84. The molecule has 102 valence electrons. The molecule has 0 aromatic carbocycles. The van der Waals surface area contributed by atoms with E-state index >= 15 is 0 Å². The van der Waals surface area contributed by atoms with Gasteiger partial charge in [0, 0.05) is 25.1 Å². The third kappa shape index (κ3) is 2.17. The lowest BCUT2D eigenvalue weighted by Gasteiger charge is -2.23. The Hall–Kier alpha value is -1.32. The molecule has 3 aliphatic rings. The first-order chi connectivity index (χ1) is 9.31. The molecule has 4 heteroatoms. The Morgan fingerprint density at radius 2 is 1.89 bits per heavy atom. The molecule has 2 bridgehead atoms. The molecule has 3 saturated carbocycles. The van der Waals surface area contributed by atoms with Crippen LogP contribution in [-0.2, 0) is 0 Å². The summed E-state index contributed by atoms with van der Waals surface area (Å²) < 4.78 is 0. The Kier molecular flexibility index (Phi) is 2.64. The maximum Gasteiger partial charge on any atom is 0.136 e. The Morgan fingerprint density at radius 3 is 2.53 bits per heavy atom. The Balaban J connectivity index is 1.54. The molecule has 0 amide bonds. The quantitative estimate of drug-likeness (QED) is 0.871. The lowest BCUT2D eigenvalue weighted by Crippen LogP contribution is -2.26. The third-order valence-electron chi connectivity index (χ3n) is 5.01. The first kappa shape index (κ1) is 11.5. The fourth-order valence-electron chi connectivity index (χ4n) is 3.80. The number of anilines is 2. The highest BCUT2D eigenvalue weighted by atomic mass is 15.1. The summed E-state index contributed by atoms with van der Waals surface area (Å²) >= 11 is 0. The van der Waals surface area contributed by atoms with Crippen molar-refractivity contribution in [2.75, 3.05) is 17.7 Å². The second-order valence-electron chi connectivity index (χ2n) is 6.45. The van der Waals surface area contributed by atoms with E-state index in [0.29, 0.717) is 12.0 Å². The highest BCUT2D eigenvalue weighted by Crippen LogP contribution is 2.45. The molecule has 0 aliphatic heterocycles. The van der Waals surface area contributed by atoms with Crippen molar-refractivity contribution in [1.29, 1.82) is 0 Å². The highest BCUT2D eigenvalue weighted by molar-refractivity contribution is 5.48. The van der Waals surface area contributed by atoms with Crippen LogP contribution in [0.3, 0.4) is 0 Å². The number of hydrogen-bond donors (Lipinski definition) is 2. The van der Waals surface area contributed by atoms with Crippen molar-refractivity contribution >= 4 is 11.6 Å². The van der Waals surface area contributed by atoms with E-state index in [9.17, 15) is 0 Å². The molecule has 2 N–H and O–H groups in total. The molecule has 4 nitrogen and oxygen atoms in total. The molecule has 0 spiro atoms. The van der Waals surface area contributed by atoms with Crippen LogP contribution in [0.2, 0.25) is 0 Å². The minimum Gasteiger partial charge on any atom is -0.373 e. The molecule has 19 heavy (non-hydrogen) atoms. The van der Waals surface area contributed by atoms with Gasteiger partial charge in [-0.3, -0.25) is 0 Å². The molecule has 1 aromatic rings. The Bertz CT molecular complexity index is 483. The van der Waals surface area contributed by atoms with Gasteiger partial charge in [0.1, 0.15) is 17.5 Å². The molecule has 1 aromatic heterocycles. The third-order valence-corrected chi connectivity index (χ3v) is 5.01. The summed E-state index contributed by atoms with van der Waals surface area (Å²) in [5.41, 5.74) is 0. The second-order valence-corrected chi connectivity index (χ2v) is 6.45. The van der Waals surface area contributed by atoms with Gasteiger partial charge in [0.2, 0.25) is 0 Å². The number of rotatable bonds is 4. The normalized spacial score (nSPS) is 32.6. The molecule has 3 atom stereocenters. The summed E-state index contributed by atoms with van der Waals surface area (Å²) in [6.07, 6.45) is 8.12. The lowest BCUT2D eigenvalue weighted by atomic mass is 9.95. The second kappa shape index (κ2) is 4.36. The molecular formula is C15H22N4. The van der Waals surface area contributed by atoms with E-state index in [1.807, 2.05) is 7.05 Å². The fraction of sp³-hybridized carbons (Fsp3) is 0.733. The van der Waals surface area contributed by atoms with Gasteiger partial charge in [-0.2, -0.15) is 0 Å². The molecule has 3 unspecified atom stereocenters. The van der Waals surface area contributed by atoms with E-state index in [-0.39, 0.29) is 0 Å². The zero-order valence-electron chi connectivity index (χ0n) is 11.5. The topological polar surface area (TPSA) is 49.8 Å². The van der Waals surface area contributed by atoms with E-state index in [2.05, 4.69) is 21.7 Å². The fourth-order valence-corrected chi connectivity index (χ4v) is 3.80. The average Bonchev–Trinajstić information content (AvgIpc) is 3.09. The maximum atomic E-state index is 4.73. The van der Waals surface area contributed by atoms with Crippen LogP contribution in [0.1, 0.15) is 50.3 Å². The Morgan fingerprint density at radius 1 is 1.05 bits per heavy atom. The van der Waals surface area contributed by atoms with Gasteiger partial charge in [-0.05, 0) is 43.9 Å². The van der Waals surface area contributed by atoms with Gasteiger partial charge in [-0.25, -0.2) is 9.97 Å². The van der Waals surface area contributed by atoms with Gasteiger partial charge in [-0.1, -0.05) is 6.42 Å². The summed E-state index contributed by atoms with van der Waals surface area (Å²) in [7, 11) is 1.93. The predicted octanol–water partition coefficient (Wildman–Crippen LogP) is 3.00. The van der Waals surface area contributed by atoms with Gasteiger partial charge < -0.3 is 10.6 Å². The number of nitrogens with zero attached hydrogens (tertiary/aromatic N) is 2. The van der Waals surface area contributed by atoms with Gasteiger partial charge in [-0.15, -0.1) is 0 Å². The van der Waals surface area contributed by atoms with Crippen LogP contribution < -0.4 is 10.6 Å². The van der Waals surface area contributed by atoms with Crippen molar-refractivity contribution in [2.45, 2.75) is 50.5 Å². The predicted molar refractivity (Wildman–Crippen MR) is 76.4 cm³/mol. The molecule has 0 saturated heterocycles. The van der Waals surface area contributed by atoms with Crippen molar-refractivity contribution in [2.24, 2.45) is 11.8 Å². The van der Waals surface area contributed by atoms with Crippen LogP contribution >= 0.6 is 0 Å². The van der Waals surface area contributed by atoms with Crippen LogP contribution in [0.25, 0.3) is 0 Å². The van der Waals surface area contributed by atoms with Crippen molar-refractivity contribution in [3.63, 3.8) is 0 Å². The van der Waals surface area contributed by atoms with E-state index in [1.54, 1.807) is 0 Å². The lowest BCUT2D eigenvalue weighted by molar-refractivity contribution is 0.439. The minimum absolute atomic E-state index is 0.605. The van der Waals surface area contributed by atoms with Gasteiger partial charge in [0.25, 0.3) is 0 Å². The van der Waals surface area contributed by atoms with Crippen LogP contribution in [0.4, 0.5) is 11.6 Å². The number of aromatic nitrogens is 2. The molecule has 3 aliphatic carbocycles. The first-order valence-electron chi connectivity index (χ1n) is 7.65. The summed E-state index contributed by atoms with van der Waals surface area (Å²) in [6, 6.07) is 2.70. The van der Waals surface area contributed by atoms with E-state index in [4.69, 9.17) is 4.98 Å². The zero-order valence-corrected chi connectivity index (χ0v) is 11.5. The SMILES string of the molecule is CNc1cc(NC2CC3CCC2C3)nc(C2CC2)n1. The molecule has 0 radical (unpaired) electrons. The van der Waals surface area contributed by atoms with E-state index in [1.165, 1.54) is 38.5 Å². The van der Waals surface area contributed by atoms with Crippen LogP contribution in [0.5, 0.6) is 0 Å². The van der Waals surface area contributed by atoms with E-state index in [0.717, 1.165) is 29.3 Å². The van der Waals surface area contributed by atoms with Crippen molar-refractivity contribution in [1.82, 2.24) is 9.97 Å². The number of fused-ring (bicyclic) bond motifs is 2. The van der Waals surface area contributed by atoms with Gasteiger partial charge >= 0.3 is 0 Å². The monoisotopic (exact) mass is 258 g/mol. The summed E-state index contributed by atoms with van der Waals surface area (Å²) in [6.45, 7) is 0. The van der Waals surface area contributed by atoms with Crippen molar-refractivity contribution < 1.29 is 0 Å². The summed E-state index contributed by atoms with van der Waals surface area (Å²) in [5.74, 6) is 5.45. The van der Waals surface area contributed by atoms with Gasteiger partial charge in [0.15, 0.2) is 0 Å².